The van der Waals surface area contributed by atoms with Crippen LogP contribution in [0.3, 0.4) is 0 Å². The van der Waals surface area contributed by atoms with Crippen LogP contribution in [0.2, 0.25) is 0 Å². The molecule has 2 amide bonds. The predicted octanol–water partition coefficient (Wildman–Crippen LogP) is 3.31. The largest absolute Gasteiger partial charge is 0.372 e. The van der Waals surface area contributed by atoms with Gasteiger partial charge in [-0.2, -0.15) is 0 Å². The van der Waals surface area contributed by atoms with Gasteiger partial charge in [-0.25, -0.2) is 9.78 Å². The highest BCUT2D eigenvalue weighted by Crippen LogP contribution is 2.24. The Kier molecular flexibility index (Phi) is 5.11. The normalized spacial score (nSPS) is 23.6. The van der Waals surface area contributed by atoms with Crippen LogP contribution in [0.15, 0.2) is 24.4 Å². The third kappa shape index (κ3) is 4.30. The fourth-order valence-corrected chi connectivity index (χ4v) is 4.04. The Hall–Kier alpha value is -2.41. The van der Waals surface area contributed by atoms with Gasteiger partial charge in [0.05, 0.1) is 35.1 Å². The maximum Gasteiger partial charge on any atom is 0.320 e. The van der Waals surface area contributed by atoms with Crippen molar-refractivity contribution in [3.63, 3.8) is 0 Å². The molecule has 0 bridgehead atoms. The minimum absolute atomic E-state index is 0.185. The van der Waals surface area contributed by atoms with Crippen LogP contribution in [0, 0.1) is 0 Å². The van der Waals surface area contributed by atoms with E-state index in [2.05, 4.69) is 39.3 Å². The van der Waals surface area contributed by atoms with E-state index in [0.717, 1.165) is 42.7 Å². The molecule has 7 nitrogen and oxygen atoms in total. The van der Waals surface area contributed by atoms with Gasteiger partial charge in [-0.05, 0) is 44.9 Å². The number of aromatic nitrogens is 2. The van der Waals surface area contributed by atoms with E-state index < -0.39 is 0 Å². The van der Waals surface area contributed by atoms with E-state index in [1.165, 1.54) is 12.8 Å². The monoisotopic (exact) mass is 369 g/mol. The Morgan fingerprint density at radius 3 is 2.63 bits per heavy atom. The second-order valence-corrected chi connectivity index (χ2v) is 7.67. The maximum absolute atomic E-state index is 12.2. The standard InChI is InChI=1S/C20H27N5O2/c1-13-11-25(12-14(2)27-13)16-9-18-17(21-10-16)7-8-19(23-18)24-20(26)22-15-5-3-4-6-15/h7-10,13-15H,3-6,11-12H2,1-2H3,(H2,22,23,24,26)/t13-,14+. The van der Waals surface area contributed by atoms with Crippen molar-refractivity contribution < 1.29 is 9.53 Å². The lowest BCUT2D eigenvalue weighted by atomic mass is 10.2. The van der Waals surface area contributed by atoms with Crippen LogP contribution in [-0.2, 0) is 4.74 Å². The Balaban J connectivity index is 1.49. The number of morpholine rings is 1. The van der Waals surface area contributed by atoms with E-state index in [0.29, 0.717) is 5.82 Å². The number of pyridine rings is 2. The zero-order chi connectivity index (χ0) is 18.8. The average molecular weight is 369 g/mol. The molecule has 0 radical (unpaired) electrons. The number of hydrogen-bond donors (Lipinski definition) is 2. The van der Waals surface area contributed by atoms with Crippen LogP contribution in [0.1, 0.15) is 39.5 Å². The highest BCUT2D eigenvalue weighted by atomic mass is 16.5. The molecule has 2 aromatic rings. The molecule has 7 heteroatoms. The zero-order valence-corrected chi connectivity index (χ0v) is 15.9. The summed E-state index contributed by atoms with van der Waals surface area (Å²) in [6.45, 7) is 5.83. The summed E-state index contributed by atoms with van der Waals surface area (Å²) in [5, 5.41) is 5.87. The maximum atomic E-state index is 12.2. The van der Waals surface area contributed by atoms with Crippen molar-refractivity contribution in [3.8, 4) is 0 Å². The lowest BCUT2D eigenvalue weighted by Crippen LogP contribution is -2.45. The smallest absolute Gasteiger partial charge is 0.320 e. The third-order valence-corrected chi connectivity index (χ3v) is 5.24. The molecule has 4 rings (SSSR count). The number of ether oxygens (including phenoxy) is 1. The summed E-state index contributed by atoms with van der Waals surface area (Å²) in [6, 6.07) is 5.81. The molecular weight excluding hydrogens is 342 g/mol. The van der Waals surface area contributed by atoms with Gasteiger partial charge in [0.2, 0.25) is 0 Å². The van der Waals surface area contributed by atoms with Gasteiger partial charge < -0.3 is 15.0 Å². The molecule has 27 heavy (non-hydrogen) atoms. The molecule has 2 fully saturated rings. The first-order valence-corrected chi connectivity index (χ1v) is 9.81. The number of carbonyl (C=O) groups excluding carboxylic acids is 1. The van der Waals surface area contributed by atoms with Crippen molar-refractivity contribution in [2.75, 3.05) is 23.3 Å². The van der Waals surface area contributed by atoms with E-state index in [4.69, 9.17) is 4.74 Å². The summed E-state index contributed by atoms with van der Waals surface area (Å²) in [5.74, 6) is 0.542. The Morgan fingerprint density at radius 2 is 1.89 bits per heavy atom. The number of nitrogens with one attached hydrogen (secondary N) is 2. The van der Waals surface area contributed by atoms with Crippen molar-refractivity contribution in [1.82, 2.24) is 15.3 Å². The molecule has 3 heterocycles. The summed E-state index contributed by atoms with van der Waals surface area (Å²) in [6.07, 6.45) is 6.74. The number of anilines is 2. The molecule has 2 aromatic heterocycles. The van der Waals surface area contributed by atoms with E-state index in [1.807, 2.05) is 18.3 Å². The summed E-state index contributed by atoms with van der Waals surface area (Å²) in [5.41, 5.74) is 2.62. The first kappa shape index (κ1) is 18.0. The van der Waals surface area contributed by atoms with Crippen molar-refractivity contribution in [1.29, 1.82) is 0 Å². The Morgan fingerprint density at radius 1 is 1.15 bits per heavy atom. The fraction of sp³-hybridized carbons (Fsp3) is 0.550. The third-order valence-electron chi connectivity index (χ3n) is 5.24. The predicted molar refractivity (Wildman–Crippen MR) is 106 cm³/mol. The zero-order valence-electron chi connectivity index (χ0n) is 15.9. The Labute approximate surface area is 159 Å². The van der Waals surface area contributed by atoms with Crippen LogP contribution in [-0.4, -0.2) is 47.3 Å². The molecule has 2 N–H and O–H groups in total. The van der Waals surface area contributed by atoms with Gasteiger partial charge in [-0.3, -0.25) is 10.3 Å². The van der Waals surface area contributed by atoms with Gasteiger partial charge in [0.1, 0.15) is 5.82 Å². The lowest BCUT2D eigenvalue weighted by Gasteiger charge is -2.36. The van der Waals surface area contributed by atoms with Crippen molar-refractivity contribution in [3.05, 3.63) is 24.4 Å². The molecule has 1 aliphatic heterocycles. The molecular formula is C20H27N5O2. The number of nitrogens with zero attached hydrogens (tertiary/aromatic N) is 3. The first-order valence-electron chi connectivity index (χ1n) is 9.81. The quantitative estimate of drug-likeness (QED) is 0.868. The topological polar surface area (TPSA) is 79.4 Å². The fourth-order valence-electron chi connectivity index (χ4n) is 4.04. The van der Waals surface area contributed by atoms with Gasteiger partial charge >= 0.3 is 6.03 Å². The van der Waals surface area contributed by atoms with Gasteiger partial charge in [-0.1, -0.05) is 12.8 Å². The number of rotatable bonds is 3. The lowest BCUT2D eigenvalue weighted by molar-refractivity contribution is -0.00522. The average Bonchev–Trinajstić information content (AvgIpc) is 3.13. The van der Waals surface area contributed by atoms with E-state index in [1.54, 1.807) is 6.07 Å². The van der Waals surface area contributed by atoms with Crippen LogP contribution >= 0.6 is 0 Å². The van der Waals surface area contributed by atoms with Gasteiger partial charge in [0.15, 0.2) is 0 Å². The molecule has 1 saturated heterocycles. The highest BCUT2D eigenvalue weighted by molar-refractivity contribution is 5.90. The molecule has 0 aromatic carbocycles. The SMILES string of the molecule is C[C@@H]1CN(c2cnc3ccc(NC(=O)NC4CCCC4)nc3c2)C[C@H](C)O1. The summed E-state index contributed by atoms with van der Waals surface area (Å²) < 4.78 is 5.81. The van der Waals surface area contributed by atoms with E-state index in [-0.39, 0.29) is 24.3 Å². The molecule has 0 unspecified atom stereocenters. The second kappa shape index (κ2) is 7.68. The molecule has 0 spiro atoms. The second-order valence-electron chi connectivity index (χ2n) is 7.67. The summed E-state index contributed by atoms with van der Waals surface area (Å²) >= 11 is 0. The van der Waals surface area contributed by atoms with Crippen LogP contribution < -0.4 is 15.5 Å². The van der Waals surface area contributed by atoms with Gasteiger partial charge in [0, 0.05) is 19.1 Å². The highest BCUT2D eigenvalue weighted by Gasteiger charge is 2.23. The molecule has 2 aliphatic rings. The number of urea groups is 1. The number of hydrogen-bond acceptors (Lipinski definition) is 5. The number of carbonyl (C=O) groups is 1. The molecule has 1 aliphatic carbocycles. The first-order chi connectivity index (χ1) is 13.1. The Bertz CT molecular complexity index is 811. The van der Waals surface area contributed by atoms with Gasteiger partial charge in [-0.15, -0.1) is 0 Å². The van der Waals surface area contributed by atoms with Crippen molar-refractivity contribution in [2.24, 2.45) is 0 Å². The van der Waals surface area contributed by atoms with Crippen LogP contribution in [0.5, 0.6) is 0 Å². The minimum atomic E-state index is -0.186. The van der Waals surface area contributed by atoms with Gasteiger partial charge in [0.25, 0.3) is 0 Å². The molecule has 144 valence electrons. The molecule has 2 atom stereocenters. The van der Waals surface area contributed by atoms with Crippen LogP contribution in [0.4, 0.5) is 16.3 Å². The van der Waals surface area contributed by atoms with Crippen LogP contribution in [0.25, 0.3) is 11.0 Å². The van der Waals surface area contributed by atoms with E-state index >= 15 is 0 Å². The molecule has 1 saturated carbocycles. The number of fused-ring (bicyclic) bond motifs is 1. The van der Waals surface area contributed by atoms with Crippen molar-refractivity contribution >= 4 is 28.6 Å². The summed E-state index contributed by atoms with van der Waals surface area (Å²) in [4.78, 5) is 23.6. The summed E-state index contributed by atoms with van der Waals surface area (Å²) in [7, 11) is 0. The minimum Gasteiger partial charge on any atom is -0.372 e. The van der Waals surface area contributed by atoms with E-state index in [9.17, 15) is 4.79 Å². The number of amides is 2. The van der Waals surface area contributed by atoms with Crippen molar-refractivity contribution in [2.45, 2.75) is 57.8 Å².